The Hall–Kier alpha value is -0.260. The van der Waals surface area contributed by atoms with Crippen molar-refractivity contribution in [2.24, 2.45) is 11.8 Å². The maximum Gasteiger partial charge on any atom is -0.0300 e. The standard InChI is InChI=1S/C14H28/c1-6-8-14(7-2)10-9-13(5)11-12(3)4/h13-14H,3,6-11H2,1-2,4-5H3. The summed E-state index contributed by atoms with van der Waals surface area (Å²) in [5.74, 6) is 1.80. The highest BCUT2D eigenvalue weighted by molar-refractivity contribution is 4.89. The van der Waals surface area contributed by atoms with Crippen molar-refractivity contribution in [2.45, 2.75) is 66.2 Å². The molecule has 0 radical (unpaired) electrons. The lowest BCUT2D eigenvalue weighted by Crippen LogP contribution is -2.03. The van der Waals surface area contributed by atoms with E-state index in [2.05, 4.69) is 34.3 Å². The highest BCUT2D eigenvalue weighted by Crippen LogP contribution is 2.22. The Kier molecular flexibility index (Phi) is 7.93. The number of hydrogen-bond acceptors (Lipinski definition) is 0. The van der Waals surface area contributed by atoms with Crippen LogP contribution in [0.15, 0.2) is 12.2 Å². The van der Waals surface area contributed by atoms with E-state index in [1.807, 2.05) is 0 Å². The predicted molar refractivity (Wildman–Crippen MR) is 66.5 cm³/mol. The van der Waals surface area contributed by atoms with Gasteiger partial charge in [0.25, 0.3) is 0 Å². The molecule has 14 heavy (non-hydrogen) atoms. The number of hydrogen-bond donors (Lipinski definition) is 0. The average molecular weight is 196 g/mol. The van der Waals surface area contributed by atoms with Crippen LogP contribution in [0.3, 0.4) is 0 Å². The fourth-order valence-electron chi connectivity index (χ4n) is 2.18. The molecular formula is C14H28. The first-order valence-corrected chi connectivity index (χ1v) is 6.24. The van der Waals surface area contributed by atoms with Gasteiger partial charge in [0.05, 0.1) is 0 Å². The quantitative estimate of drug-likeness (QED) is 0.468. The first-order valence-electron chi connectivity index (χ1n) is 6.24. The van der Waals surface area contributed by atoms with E-state index in [0.29, 0.717) is 0 Å². The highest BCUT2D eigenvalue weighted by atomic mass is 14.1. The van der Waals surface area contributed by atoms with Crippen molar-refractivity contribution in [3.63, 3.8) is 0 Å². The molecule has 0 aromatic rings. The van der Waals surface area contributed by atoms with Crippen molar-refractivity contribution in [3.8, 4) is 0 Å². The lowest BCUT2D eigenvalue weighted by molar-refractivity contribution is 0.376. The minimum atomic E-state index is 0.832. The van der Waals surface area contributed by atoms with Crippen molar-refractivity contribution in [1.29, 1.82) is 0 Å². The fourth-order valence-corrected chi connectivity index (χ4v) is 2.18. The van der Waals surface area contributed by atoms with Crippen LogP contribution in [-0.4, -0.2) is 0 Å². The minimum absolute atomic E-state index is 0.832. The summed E-state index contributed by atoms with van der Waals surface area (Å²) in [5.41, 5.74) is 1.33. The van der Waals surface area contributed by atoms with E-state index in [4.69, 9.17) is 0 Å². The predicted octanol–water partition coefficient (Wildman–Crippen LogP) is 5.20. The van der Waals surface area contributed by atoms with E-state index in [-0.39, 0.29) is 0 Å². The third-order valence-corrected chi connectivity index (χ3v) is 3.04. The molecular weight excluding hydrogens is 168 g/mol. The van der Waals surface area contributed by atoms with Gasteiger partial charge in [-0.1, -0.05) is 58.4 Å². The van der Waals surface area contributed by atoms with Crippen molar-refractivity contribution in [1.82, 2.24) is 0 Å². The maximum absolute atomic E-state index is 3.98. The number of rotatable bonds is 8. The van der Waals surface area contributed by atoms with Gasteiger partial charge in [-0.2, -0.15) is 0 Å². The molecule has 0 fully saturated rings. The Morgan fingerprint density at radius 3 is 2.21 bits per heavy atom. The molecule has 0 N–H and O–H groups in total. The Bertz CT molecular complexity index is 146. The molecule has 0 aromatic heterocycles. The second kappa shape index (κ2) is 8.08. The van der Waals surface area contributed by atoms with Crippen molar-refractivity contribution in [2.75, 3.05) is 0 Å². The molecule has 0 saturated carbocycles. The molecule has 0 heterocycles. The third-order valence-electron chi connectivity index (χ3n) is 3.04. The van der Waals surface area contributed by atoms with Gasteiger partial charge >= 0.3 is 0 Å². The van der Waals surface area contributed by atoms with Crippen LogP contribution in [0.2, 0.25) is 0 Å². The minimum Gasteiger partial charge on any atom is -0.100 e. The largest absolute Gasteiger partial charge is 0.100 e. The van der Waals surface area contributed by atoms with Crippen molar-refractivity contribution < 1.29 is 0 Å². The summed E-state index contributed by atoms with van der Waals surface area (Å²) in [4.78, 5) is 0. The van der Waals surface area contributed by atoms with Gasteiger partial charge in [0.1, 0.15) is 0 Å². The van der Waals surface area contributed by atoms with Crippen molar-refractivity contribution >= 4 is 0 Å². The van der Waals surface area contributed by atoms with E-state index >= 15 is 0 Å². The third kappa shape index (κ3) is 7.17. The highest BCUT2D eigenvalue weighted by Gasteiger charge is 2.08. The molecule has 2 unspecified atom stereocenters. The zero-order chi connectivity index (χ0) is 11.0. The van der Waals surface area contributed by atoms with Gasteiger partial charge in [-0.25, -0.2) is 0 Å². The molecule has 0 nitrogen and oxygen atoms in total. The summed E-state index contributed by atoms with van der Waals surface area (Å²) >= 11 is 0. The van der Waals surface area contributed by atoms with E-state index < -0.39 is 0 Å². The molecule has 84 valence electrons. The lowest BCUT2D eigenvalue weighted by Gasteiger charge is -2.17. The molecule has 2 atom stereocenters. The van der Waals surface area contributed by atoms with E-state index in [9.17, 15) is 0 Å². The van der Waals surface area contributed by atoms with Gasteiger partial charge in [-0.05, 0) is 25.2 Å². The van der Waals surface area contributed by atoms with Crippen LogP contribution < -0.4 is 0 Å². The first-order chi connectivity index (χ1) is 6.60. The van der Waals surface area contributed by atoms with E-state index in [1.165, 1.54) is 44.1 Å². The topological polar surface area (TPSA) is 0 Å². The van der Waals surface area contributed by atoms with Gasteiger partial charge in [0.15, 0.2) is 0 Å². The maximum atomic E-state index is 3.98. The zero-order valence-corrected chi connectivity index (χ0v) is 10.6. The summed E-state index contributed by atoms with van der Waals surface area (Å²) < 4.78 is 0. The molecule has 0 amide bonds. The average Bonchev–Trinajstić information content (AvgIpc) is 2.11. The Labute approximate surface area is 90.8 Å². The summed E-state index contributed by atoms with van der Waals surface area (Å²) in [6, 6.07) is 0. The van der Waals surface area contributed by atoms with Crippen LogP contribution in [0.1, 0.15) is 66.2 Å². The molecule has 0 saturated heterocycles. The molecule has 0 spiro atoms. The fraction of sp³-hybridized carbons (Fsp3) is 0.857. The van der Waals surface area contributed by atoms with Gasteiger partial charge in [0.2, 0.25) is 0 Å². The normalized spacial score (nSPS) is 15.1. The van der Waals surface area contributed by atoms with E-state index in [0.717, 1.165) is 11.8 Å². The summed E-state index contributed by atoms with van der Waals surface area (Å²) in [6.07, 6.45) is 8.12. The summed E-state index contributed by atoms with van der Waals surface area (Å²) in [7, 11) is 0. The van der Waals surface area contributed by atoms with E-state index in [1.54, 1.807) is 0 Å². The van der Waals surface area contributed by atoms with Crippen molar-refractivity contribution in [3.05, 3.63) is 12.2 Å². The lowest BCUT2D eigenvalue weighted by atomic mass is 9.89. The van der Waals surface area contributed by atoms with Crippen LogP contribution in [0.4, 0.5) is 0 Å². The molecule has 0 heteroatoms. The van der Waals surface area contributed by atoms with Crippen LogP contribution in [-0.2, 0) is 0 Å². The molecule has 0 aliphatic heterocycles. The van der Waals surface area contributed by atoms with Gasteiger partial charge in [-0.3, -0.25) is 0 Å². The monoisotopic (exact) mass is 196 g/mol. The van der Waals surface area contributed by atoms with Crippen LogP contribution in [0.25, 0.3) is 0 Å². The van der Waals surface area contributed by atoms with Gasteiger partial charge < -0.3 is 0 Å². The second-order valence-corrected chi connectivity index (χ2v) is 4.91. The van der Waals surface area contributed by atoms with Crippen LogP contribution >= 0.6 is 0 Å². The smallest absolute Gasteiger partial charge is 0.0300 e. The summed E-state index contributed by atoms with van der Waals surface area (Å²) in [5, 5.41) is 0. The number of allylic oxidation sites excluding steroid dienone is 1. The zero-order valence-electron chi connectivity index (χ0n) is 10.6. The molecule has 0 aromatic carbocycles. The summed E-state index contributed by atoms with van der Waals surface area (Å²) in [6.45, 7) is 13.1. The molecule has 0 aliphatic rings. The van der Waals surface area contributed by atoms with Crippen LogP contribution in [0.5, 0.6) is 0 Å². The Balaban J connectivity index is 3.61. The second-order valence-electron chi connectivity index (χ2n) is 4.91. The molecule has 0 rings (SSSR count). The molecule has 0 aliphatic carbocycles. The molecule has 0 bridgehead atoms. The Morgan fingerprint density at radius 1 is 1.14 bits per heavy atom. The first kappa shape index (κ1) is 13.7. The Morgan fingerprint density at radius 2 is 1.79 bits per heavy atom. The van der Waals surface area contributed by atoms with Crippen LogP contribution in [0, 0.1) is 11.8 Å². The van der Waals surface area contributed by atoms with Gasteiger partial charge in [0, 0.05) is 0 Å². The van der Waals surface area contributed by atoms with Gasteiger partial charge in [-0.15, -0.1) is 6.58 Å². The SMILES string of the molecule is C=C(C)CC(C)CCC(CC)CCC.